The Labute approximate surface area is 72.3 Å². The summed E-state index contributed by atoms with van der Waals surface area (Å²) in [6.07, 6.45) is 5.74. The molecule has 0 saturated heterocycles. The molecule has 0 heterocycles. The monoisotopic (exact) mass is 154 g/mol. The quantitative estimate of drug-likeness (QED) is 0.470. The van der Waals surface area contributed by atoms with E-state index in [9.17, 15) is 0 Å². The van der Waals surface area contributed by atoms with Gasteiger partial charge in [-0.25, -0.2) is 0 Å². The van der Waals surface area contributed by atoms with Gasteiger partial charge in [0.25, 0.3) is 0 Å². The molecule has 58 valence electrons. The minimum absolute atomic E-state index is 1.12. The Balaban J connectivity index is 2.41. The Morgan fingerprint density at radius 1 is 1.08 bits per heavy atom. The van der Waals surface area contributed by atoms with Gasteiger partial charge >= 0.3 is 0 Å². The fourth-order valence-electron chi connectivity index (χ4n) is 2.24. The lowest BCUT2D eigenvalue weighted by Crippen LogP contribution is -2.01. The molecule has 4 bridgehead atoms. The van der Waals surface area contributed by atoms with Gasteiger partial charge in [0.15, 0.2) is 0 Å². The number of hydrogen-bond acceptors (Lipinski definition) is 0. The SMILES string of the molecule is CC1=C=C2CC3=C=C1C=C(C2)C3. The van der Waals surface area contributed by atoms with Gasteiger partial charge in [-0.1, -0.05) is 5.57 Å². The van der Waals surface area contributed by atoms with E-state index in [0.717, 1.165) is 12.8 Å². The second kappa shape index (κ2) is 1.93. The first-order chi connectivity index (χ1) is 5.81. The molecule has 0 N–H and O–H groups in total. The molecule has 0 radical (unpaired) electrons. The molecule has 4 aliphatic rings. The molecule has 0 aromatic heterocycles. The Kier molecular flexibility index (Phi) is 1.01. The standard InChI is InChI=1S/C12H10/c1-8-2-9-3-10-5-11(4-9)7-12(8)6-10/h6H,3-5H2,1H3. The predicted octanol–water partition coefficient (Wildman–Crippen LogP) is 3.05. The molecule has 0 atom stereocenters. The van der Waals surface area contributed by atoms with Crippen LogP contribution >= 0.6 is 0 Å². The van der Waals surface area contributed by atoms with Crippen molar-refractivity contribution >= 4 is 0 Å². The van der Waals surface area contributed by atoms with E-state index in [-0.39, 0.29) is 0 Å². The minimum atomic E-state index is 1.12. The molecule has 0 nitrogen and oxygen atoms in total. The normalized spacial score (nSPS) is 23.9. The molecule has 1 saturated carbocycles. The lowest BCUT2D eigenvalue weighted by Gasteiger charge is -2.19. The first kappa shape index (κ1) is 6.31. The average molecular weight is 154 g/mol. The lowest BCUT2D eigenvalue weighted by atomic mass is 9.85. The topological polar surface area (TPSA) is 0 Å². The molecule has 4 aliphatic carbocycles. The van der Waals surface area contributed by atoms with Crippen LogP contribution in [0.3, 0.4) is 0 Å². The van der Waals surface area contributed by atoms with Crippen LogP contribution in [0.5, 0.6) is 0 Å². The molecule has 0 unspecified atom stereocenters. The van der Waals surface area contributed by atoms with E-state index in [4.69, 9.17) is 0 Å². The largest absolute Gasteiger partial charge is 0.117 e. The predicted molar refractivity (Wildman–Crippen MR) is 48.7 cm³/mol. The summed E-state index contributed by atoms with van der Waals surface area (Å²) < 4.78 is 0. The minimum Gasteiger partial charge on any atom is -0.117 e. The van der Waals surface area contributed by atoms with Gasteiger partial charge in [-0.05, 0) is 37.0 Å². The molecule has 0 aromatic carbocycles. The second-order valence-corrected chi connectivity index (χ2v) is 3.83. The van der Waals surface area contributed by atoms with Gasteiger partial charge in [0, 0.05) is 17.6 Å². The number of hydrogen-bond donors (Lipinski definition) is 0. The maximum Gasteiger partial charge on any atom is 0.0270 e. The van der Waals surface area contributed by atoms with E-state index in [1.807, 2.05) is 0 Å². The number of rotatable bonds is 0. The summed E-state index contributed by atoms with van der Waals surface area (Å²) in [5.74, 6) is 0. The highest BCUT2D eigenvalue weighted by Crippen LogP contribution is 2.38. The fourth-order valence-corrected chi connectivity index (χ4v) is 2.24. The van der Waals surface area contributed by atoms with Crippen molar-refractivity contribution in [3.63, 3.8) is 0 Å². The van der Waals surface area contributed by atoms with Gasteiger partial charge in [0.05, 0.1) is 0 Å². The van der Waals surface area contributed by atoms with Crippen molar-refractivity contribution in [2.24, 2.45) is 0 Å². The van der Waals surface area contributed by atoms with Gasteiger partial charge in [0.2, 0.25) is 0 Å². The Morgan fingerprint density at radius 3 is 2.58 bits per heavy atom. The third kappa shape index (κ3) is 0.741. The second-order valence-electron chi connectivity index (χ2n) is 3.83. The van der Waals surface area contributed by atoms with Crippen molar-refractivity contribution in [3.05, 3.63) is 45.4 Å². The molecule has 0 spiro atoms. The highest BCUT2D eigenvalue weighted by atomic mass is 14.2. The zero-order valence-electron chi connectivity index (χ0n) is 7.20. The van der Waals surface area contributed by atoms with Gasteiger partial charge in [-0.3, -0.25) is 0 Å². The molecular weight excluding hydrogens is 144 g/mol. The van der Waals surface area contributed by atoms with Crippen LogP contribution in [0.1, 0.15) is 26.2 Å². The van der Waals surface area contributed by atoms with E-state index < -0.39 is 0 Å². The van der Waals surface area contributed by atoms with Crippen LogP contribution in [0.25, 0.3) is 0 Å². The zero-order chi connectivity index (χ0) is 8.13. The molecule has 0 heteroatoms. The first-order valence-electron chi connectivity index (χ1n) is 4.45. The summed E-state index contributed by atoms with van der Waals surface area (Å²) in [6, 6.07) is 0. The van der Waals surface area contributed by atoms with E-state index >= 15 is 0 Å². The van der Waals surface area contributed by atoms with Crippen molar-refractivity contribution in [1.82, 2.24) is 0 Å². The van der Waals surface area contributed by atoms with Gasteiger partial charge in [-0.15, -0.1) is 11.5 Å². The van der Waals surface area contributed by atoms with Crippen LogP contribution in [-0.2, 0) is 0 Å². The highest BCUT2D eigenvalue weighted by Gasteiger charge is 2.20. The lowest BCUT2D eigenvalue weighted by molar-refractivity contribution is 0.860. The summed E-state index contributed by atoms with van der Waals surface area (Å²) in [4.78, 5) is 0. The van der Waals surface area contributed by atoms with Crippen molar-refractivity contribution < 1.29 is 0 Å². The van der Waals surface area contributed by atoms with Gasteiger partial charge in [-0.2, -0.15) is 0 Å². The smallest absolute Gasteiger partial charge is 0.0270 e. The third-order valence-corrected chi connectivity index (χ3v) is 2.74. The Morgan fingerprint density at radius 2 is 1.83 bits per heavy atom. The third-order valence-electron chi connectivity index (χ3n) is 2.74. The van der Waals surface area contributed by atoms with E-state index in [2.05, 4.69) is 24.5 Å². The molecule has 4 rings (SSSR count). The van der Waals surface area contributed by atoms with Crippen LogP contribution in [-0.4, -0.2) is 0 Å². The van der Waals surface area contributed by atoms with E-state index in [1.165, 1.54) is 28.7 Å². The van der Waals surface area contributed by atoms with E-state index in [0.29, 0.717) is 0 Å². The van der Waals surface area contributed by atoms with Crippen molar-refractivity contribution in [2.45, 2.75) is 26.2 Å². The van der Waals surface area contributed by atoms with Crippen LogP contribution in [0.2, 0.25) is 0 Å². The Hall–Kier alpha value is -1.22. The average Bonchev–Trinajstić information content (AvgIpc) is 2.16. The molecular formula is C12H10. The van der Waals surface area contributed by atoms with Crippen molar-refractivity contribution in [1.29, 1.82) is 0 Å². The van der Waals surface area contributed by atoms with Crippen LogP contribution in [0.4, 0.5) is 0 Å². The van der Waals surface area contributed by atoms with Crippen molar-refractivity contribution in [2.75, 3.05) is 0 Å². The molecule has 0 amide bonds. The molecule has 0 aliphatic heterocycles. The maximum atomic E-state index is 3.46. The molecule has 12 heavy (non-hydrogen) atoms. The van der Waals surface area contributed by atoms with Crippen LogP contribution in [0.15, 0.2) is 45.4 Å². The summed E-state index contributed by atoms with van der Waals surface area (Å²) >= 11 is 0. The first-order valence-corrected chi connectivity index (χ1v) is 4.45. The Bertz CT molecular complexity index is 429. The molecule has 0 aromatic rings. The summed E-state index contributed by atoms with van der Waals surface area (Å²) in [5.41, 5.74) is 14.0. The van der Waals surface area contributed by atoms with Crippen LogP contribution in [0, 0.1) is 0 Å². The van der Waals surface area contributed by atoms with E-state index in [1.54, 1.807) is 5.57 Å². The summed E-state index contributed by atoms with van der Waals surface area (Å²) in [5, 5.41) is 0. The van der Waals surface area contributed by atoms with Gasteiger partial charge < -0.3 is 0 Å². The van der Waals surface area contributed by atoms with Crippen molar-refractivity contribution in [3.8, 4) is 0 Å². The number of allylic oxidation sites excluding steroid dienone is 4. The summed E-state index contributed by atoms with van der Waals surface area (Å²) in [6.45, 7) is 2.13. The van der Waals surface area contributed by atoms with Crippen LogP contribution < -0.4 is 0 Å². The zero-order valence-corrected chi connectivity index (χ0v) is 7.20. The fraction of sp³-hybridized carbons (Fsp3) is 0.333. The van der Waals surface area contributed by atoms with Gasteiger partial charge in [0.1, 0.15) is 0 Å². The highest BCUT2D eigenvalue weighted by molar-refractivity contribution is 5.51. The summed E-state index contributed by atoms with van der Waals surface area (Å²) in [7, 11) is 0. The maximum absolute atomic E-state index is 3.46. The molecule has 1 fully saturated rings.